The minimum atomic E-state index is -0.297. The summed E-state index contributed by atoms with van der Waals surface area (Å²) in [5.74, 6) is -0.339. The van der Waals surface area contributed by atoms with Crippen molar-refractivity contribution in [3.05, 3.63) is 0 Å². The van der Waals surface area contributed by atoms with E-state index in [-0.39, 0.29) is 30.8 Å². The van der Waals surface area contributed by atoms with E-state index in [9.17, 15) is 9.59 Å². The fourth-order valence-electron chi connectivity index (χ4n) is 1.39. The normalized spacial score (nSPS) is 15.9. The maximum Gasteiger partial charge on any atom is 0.306 e. The molecule has 1 aliphatic rings. The quantitative estimate of drug-likeness (QED) is 0.702. The van der Waals surface area contributed by atoms with Crippen LogP contribution in [-0.4, -0.2) is 24.0 Å². The van der Waals surface area contributed by atoms with Gasteiger partial charge < -0.3 is 10.1 Å². The number of ether oxygens (including phenoxy) is 1. The lowest BCUT2D eigenvalue weighted by molar-refractivity contribution is -0.148. The van der Waals surface area contributed by atoms with Crippen molar-refractivity contribution in [2.75, 3.05) is 0 Å². The smallest absolute Gasteiger partial charge is 0.306 e. The van der Waals surface area contributed by atoms with Gasteiger partial charge in [0.05, 0.1) is 12.5 Å². The van der Waals surface area contributed by atoms with Crippen LogP contribution in [0.25, 0.3) is 0 Å². The van der Waals surface area contributed by atoms with E-state index in [1.54, 1.807) is 13.8 Å². The van der Waals surface area contributed by atoms with Crippen molar-refractivity contribution in [2.24, 2.45) is 0 Å². The average Bonchev–Trinajstić information content (AvgIpc) is 2.07. The van der Waals surface area contributed by atoms with Crippen LogP contribution in [0, 0.1) is 0 Å². The SMILES string of the molecule is CC(C)OC(=O)CCC(=O)NC1CCC1. The summed E-state index contributed by atoms with van der Waals surface area (Å²) in [6, 6.07) is 0.346. The predicted molar refractivity (Wildman–Crippen MR) is 56.2 cm³/mol. The minimum absolute atomic E-state index is 0.0413. The Morgan fingerprint density at radius 3 is 2.47 bits per heavy atom. The maximum absolute atomic E-state index is 11.3. The molecule has 0 radical (unpaired) electrons. The second-order valence-electron chi connectivity index (χ2n) is 4.23. The summed E-state index contributed by atoms with van der Waals surface area (Å²) in [5.41, 5.74) is 0. The Bertz CT molecular complexity index is 234. The summed E-state index contributed by atoms with van der Waals surface area (Å²) in [4.78, 5) is 22.4. The molecule has 4 nitrogen and oxygen atoms in total. The monoisotopic (exact) mass is 213 g/mol. The van der Waals surface area contributed by atoms with Crippen LogP contribution in [0.3, 0.4) is 0 Å². The second kappa shape index (κ2) is 5.73. The Kier molecular flexibility index (Phi) is 4.59. The van der Waals surface area contributed by atoms with Crippen molar-refractivity contribution in [2.45, 2.75) is 58.1 Å². The molecule has 0 spiro atoms. The minimum Gasteiger partial charge on any atom is -0.463 e. The van der Waals surface area contributed by atoms with Crippen LogP contribution < -0.4 is 5.32 Å². The van der Waals surface area contributed by atoms with Gasteiger partial charge in [-0.05, 0) is 33.1 Å². The topological polar surface area (TPSA) is 55.4 Å². The van der Waals surface area contributed by atoms with Crippen LogP contribution in [0.4, 0.5) is 0 Å². The summed E-state index contributed by atoms with van der Waals surface area (Å²) in [7, 11) is 0. The van der Waals surface area contributed by atoms with E-state index < -0.39 is 0 Å². The molecule has 1 fully saturated rings. The number of carbonyl (C=O) groups excluding carboxylic acids is 2. The van der Waals surface area contributed by atoms with E-state index in [1.165, 1.54) is 6.42 Å². The van der Waals surface area contributed by atoms with Crippen molar-refractivity contribution < 1.29 is 14.3 Å². The van der Waals surface area contributed by atoms with Gasteiger partial charge in [0.25, 0.3) is 0 Å². The van der Waals surface area contributed by atoms with Gasteiger partial charge in [0, 0.05) is 12.5 Å². The van der Waals surface area contributed by atoms with Crippen LogP contribution in [0.1, 0.15) is 46.0 Å². The first-order chi connectivity index (χ1) is 7.08. The molecule has 4 heteroatoms. The van der Waals surface area contributed by atoms with E-state index in [4.69, 9.17) is 4.74 Å². The molecule has 0 saturated heterocycles. The zero-order valence-corrected chi connectivity index (χ0v) is 9.41. The van der Waals surface area contributed by atoms with Crippen molar-refractivity contribution in [1.29, 1.82) is 0 Å². The van der Waals surface area contributed by atoms with Gasteiger partial charge in [0.1, 0.15) is 0 Å². The molecule has 1 N–H and O–H groups in total. The number of nitrogens with one attached hydrogen (secondary N) is 1. The number of hydrogen-bond acceptors (Lipinski definition) is 3. The third kappa shape index (κ3) is 4.81. The first-order valence-corrected chi connectivity index (χ1v) is 5.57. The number of esters is 1. The highest BCUT2D eigenvalue weighted by atomic mass is 16.5. The molecule has 0 aromatic carbocycles. The molecule has 0 aliphatic heterocycles. The van der Waals surface area contributed by atoms with Gasteiger partial charge in [-0.1, -0.05) is 0 Å². The molecule has 0 aromatic rings. The molecule has 86 valence electrons. The molecule has 0 unspecified atom stereocenters. The molecule has 0 aromatic heterocycles. The molecule has 0 bridgehead atoms. The average molecular weight is 213 g/mol. The van der Waals surface area contributed by atoms with Crippen LogP contribution in [0.15, 0.2) is 0 Å². The van der Waals surface area contributed by atoms with Crippen molar-refractivity contribution in [3.63, 3.8) is 0 Å². The standard InChI is InChI=1S/C11H19NO3/c1-8(2)15-11(14)7-6-10(13)12-9-4-3-5-9/h8-9H,3-7H2,1-2H3,(H,12,13). The fourth-order valence-corrected chi connectivity index (χ4v) is 1.39. The van der Waals surface area contributed by atoms with E-state index in [1.807, 2.05) is 0 Å². The van der Waals surface area contributed by atoms with Gasteiger partial charge in [-0.25, -0.2) is 0 Å². The lowest BCUT2D eigenvalue weighted by Gasteiger charge is -2.26. The Balaban J connectivity index is 2.07. The summed E-state index contributed by atoms with van der Waals surface area (Å²) >= 11 is 0. The molecule has 15 heavy (non-hydrogen) atoms. The highest BCUT2D eigenvalue weighted by Gasteiger charge is 2.19. The molecular weight excluding hydrogens is 194 g/mol. The van der Waals surface area contributed by atoms with E-state index in [0.29, 0.717) is 6.04 Å². The molecular formula is C11H19NO3. The number of rotatable bonds is 5. The second-order valence-corrected chi connectivity index (χ2v) is 4.23. The van der Waals surface area contributed by atoms with E-state index in [2.05, 4.69) is 5.32 Å². The van der Waals surface area contributed by atoms with Crippen molar-refractivity contribution in [3.8, 4) is 0 Å². The molecule has 1 saturated carbocycles. The van der Waals surface area contributed by atoms with Crippen molar-refractivity contribution >= 4 is 11.9 Å². The maximum atomic E-state index is 11.3. The number of hydrogen-bond donors (Lipinski definition) is 1. The molecule has 0 atom stereocenters. The first-order valence-electron chi connectivity index (χ1n) is 5.57. The summed E-state index contributed by atoms with van der Waals surface area (Å²) in [5, 5.41) is 2.88. The van der Waals surface area contributed by atoms with E-state index >= 15 is 0 Å². The van der Waals surface area contributed by atoms with Crippen LogP contribution >= 0.6 is 0 Å². The Morgan fingerprint density at radius 2 is 2.00 bits per heavy atom. The Morgan fingerprint density at radius 1 is 1.33 bits per heavy atom. The first kappa shape index (κ1) is 12.0. The Hall–Kier alpha value is -1.06. The predicted octanol–water partition coefficient (Wildman–Crippen LogP) is 1.39. The largest absolute Gasteiger partial charge is 0.463 e. The van der Waals surface area contributed by atoms with Gasteiger partial charge in [0.2, 0.25) is 5.91 Å². The fraction of sp³-hybridized carbons (Fsp3) is 0.818. The van der Waals surface area contributed by atoms with Crippen molar-refractivity contribution in [1.82, 2.24) is 5.32 Å². The summed E-state index contributed by atoms with van der Waals surface area (Å²) < 4.78 is 4.93. The lowest BCUT2D eigenvalue weighted by atomic mass is 9.93. The zero-order valence-electron chi connectivity index (χ0n) is 9.41. The van der Waals surface area contributed by atoms with Crippen LogP contribution in [0.2, 0.25) is 0 Å². The third-order valence-corrected chi connectivity index (χ3v) is 2.39. The lowest BCUT2D eigenvalue weighted by Crippen LogP contribution is -2.39. The van der Waals surface area contributed by atoms with Gasteiger partial charge in [-0.2, -0.15) is 0 Å². The van der Waals surface area contributed by atoms with Gasteiger partial charge in [-0.15, -0.1) is 0 Å². The van der Waals surface area contributed by atoms with E-state index in [0.717, 1.165) is 12.8 Å². The number of amides is 1. The highest BCUT2D eigenvalue weighted by molar-refractivity contribution is 5.81. The zero-order chi connectivity index (χ0) is 11.3. The van der Waals surface area contributed by atoms with Crippen LogP contribution in [-0.2, 0) is 14.3 Å². The molecule has 1 aliphatic carbocycles. The van der Waals surface area contributed by atoms with Gasteiger partial charge in [0.15, 0.2) is 0 Å². The Labute approximate surface area is 90.4 Å². The summed E-state index contributed by atoms with van der Waals surface area (Å²) in [6.45, 7) is 3.60. The van der Waals surface area contributed by atoms with Gasteiger partial charge >= 0.3 is 5.97 Å². The third-order valence-electron chi connectivity index (χ3n) is 2.39. The molecule has 1 amide bonds. The van der Waals surface area contributed by atoms with Crippen LogP contribution in [0.5, 0.6) is 0 Å². The van der Waals surface area contributed by atoms with Gasteiger partial charge in [-0.3, -0.25) is 9.59 Å². The molecule has 1 rings (SSSR count). The highest BCUT2D eigenvalue weighted by Crippen LogP contribution is 2.18. The number of carbonyl (C=O) groups is 2. The summed E-state index contributed by atoms with van der Waals surface area (Å²) in [6.07, 6.45) is 3.65. The molecule has 0 heterocycles.